The van der Waals surface area contributed by atoms with E-state index in [1.807, 2.05) is 18.3 Å². The maximum absolute atomic E-state index is 6.07. The monoisotopic (exact) mass is 329 g/mol. The highest BCUT2D eigenvalue weighted by atomic mass is 35.5. The van der Waals surface area contributed by atoms with Crippen LogP contribution in [0.4, 0.5) is 5.69 Å². The molecule has 2 saturated heterocycles. The number of hydrogen-bond acceptors (Lipinski definition) is 3. The summed E-state index contributed by atoms with van der Waals surface area (Å²) in [6.45, 7) is 3.66. The lowest BCUT2D eigenvalue weighted by Gasteiger charge is -2.42. The Labute approximate surface area is 143 Å². The Balaban J connectivity index is 1.43. The molecule has 0 saturated carbocycles. The second-order valence-corrected chi connectivity index (χ2v) is 7.41. The van der Waals surface area contributed by atoms with Crippen LogP contribution in [0.2, 0.25) is 5.02 Å². The van der Waals surface area contributed by atoms with Crippen LogP contribution in [-0.4, -0.2) is 35.6 Å². The molecule has 23 heavy (non-hydrogen) atoms. The number of hydrogen-bond donors (Lipinski definition) is 1. The smallest absolute Gasteiger partial charge is 0.0737 e. The van der Waals surface area contributed by atoms with Crippen molar-refractivity contribution in [3.8, 4) is 0 Å². The fourth-order valence-corrected chi connectivity index (χ4v) is 4.35. The third-order valence-electron chi connectivity index (χ3n) is 5.47. The van der Waals surface area contributed by atoms with E-state index in [9.17, 15) is 0 Å². The van der Waals surface area contributed by atoms with Gasteiger partial charge in [0.2, 0.25) is 0 Å². The van der Waals surface area contributed by atoms with Gasteiger partial charge in [-0.15, -0.1) is 0 Å². The minimum atomic E-state index is 0.742. The fourth-order valence-electron chi connectivity index (χ4n) is 4.19. The van der Waals surface area contributed by atoms with Gasteiger partial charge in [-0.05, 0) is 69.0 Å². The van der Waals surface area contributed by atoms with Crippen LogP contribution in [0.25, 0.3) is 10.9 Å². The summed E-state index contributed by atoms with van der Waals surface area (Å²) in [5.41, 5.74) is 2.14. The van der Waals surface area contributed by atoms with Crippen LogP contribution >= 0.6 is 11.6 Å². The van der Waals surface area contributed by atoms with Crippen LogP contribution in [0.15, 0.2) is 30.5 Å². The minimum Gasteiger partial charge on any atom is -0.384 e. The van der Waals surface area contributed by atoms with Crippen LogP contribution in [0.3, 0.4) is 0 Å². The zero-order chi connectivity index (χ0) is 15.6. The van der Waals surface area contributed by atoms with Gasteiger partial charge < -0.3 is 10.2 Å². The summed E-state index contributed by atoms with van der Waals surface area (Å²) in [5.74, 6) is 0.782. The first kappa shape index (κ1) is 15.2. The van der Waals surface area contributed by atoms with Crippen molar-refractivity contribution in [2.45, 2.75) is 38.1 Å². The number of halogens is 1. The summed E-state index contributed by atoms with van der Waals surface area (Å²) in [4.78, 5) is 7.13. The molecule has 0 bridgehead atoms. The molecular formula is C19H24ClN3. The molecule has 2 aromatic rings. The zero-order valence-electron chi connectivity index (χ0n) is 13.5. The number of nitrogens with one attached hydrogen (secondary N) is 1. The lowest BCUT2D eigenvalue weighted by Crippen LogP contribution is -2.46. The molecule has 4 rings (SSSR count). The van der Waals surface area contributed by atoms with E-state index in [0.717, 1.165) is 34.4 Å². The Bertz CT molecular complexity index is 687. The zero-order valence-corrected chi connectivity index (χ0v) is 14.2. The molecule has 2 aliphatic heterocycles. The highest BCUT2D eigenvalue weighted by Gasteiger charge is 2.29. The van der Waals surface area contributed by atoms with E-state index < -0.39 is 0 Å². The van der Waals surface area contributed by atoms with E-state index in [-0.39, 0.29) is 0 Å². The molecule has 2 fully saturated rings. The minimum absolute atomic E-state index is 0.742. The topological polar surface area (TPSA) is 28.2 Å². The summed E-state index contributed by atoms with van der Waals surface area (Å²) in [6.07, 6.45) is 8.74. The van der Waals surface area contributed by atoms with Crippen molar-refractivity contribution in [3.63, 3.8) is 0 Å². The summed E-state index contributed by atoms with van der Waals surface area (Å²) in [5, 5.41) is 5.57. The molecule has 0 aliphatic carbocycles. The van der Waals surface area contributed by atoms with Crippen molar-refractivity contribution >= 4 is 28.2 Å². The van der Waals surface area contributed by atoms with E-state index in [4.69, 9.17) is 11.6 Å². The molecule has 2 aliphatic rings. The van der Waals surface area contributed by atoms with E-state index in [1.165, 1.54) is 50.9 Å². The second kappa shape index (κ2) is 6.66. The first-order valence-corrected chi connectivity index (χ1v) is 9.19. The van der Waals surface area contributed by atoms with Crippen molar-refractivity contribution in [1.29, 1.82) is 0 Å². The van der Waals surface area contributed by atoms with Gasteiger partial charge in [0, 0.05) is 34.9 Å². The van der Waals surface area contributed by atoms with Gasteiger partial charge in [0.25, 0.3) is 0 Å². The van der Waals surface area contributed by atoms with Gasteiger partial charge in [-0.3, -0.25) is 4.98 Å². The van der Waals surface area contributed by atoms with Crippen LogP contribution in [0.1, 0.15) is 32.1 Å². The molecule has 0 unspecified atom stereocenters. The third kappa shape index (κ3) is 3.31. The van der Waals surface area contributed by atoms with Gasteiger partial charge in [0.1, 0.15) is 0 Å². The van der Waals surface area contributed by atoms with Gasteiger partial charge in [-0.2, -0.15) is 0 Å². The Morgan fingerprint density at radius 1 is 1.17 bits per heavy atom. The van der Waals surface area contributed by atoms with Crippen molar-refractivity contribution in [2.24, 2.45) is 5.92 Å². The predicted octanol–water partition coefficient (Wildman–Crippen LogP) is 4.56. The molecular weight excluding hydrogens is 306 g/mol. The standard InChI is InChI=1S/C19H24ClN3/c20-15-4-5-17-18(6-8-21-19(17)12-15)22-13-14-7-10-23-9-2-1-3-16(23)11-14/h4-6,8,12,14,16H,1-3,7,9-11,13H2,(H,21,22)/t14-,16+/m0/s1. The molecule has 0 radical (unpaired) electrons. The first-order chi connectivity index (χ1) is 11.3. The number of piperidine rings is 2. The van der Waals surface area contributed by atoms with E-state index >= 15 is 0 Å². The lowest BCUT2D eigenvalue weighted by molar-refractivity contribution is 0.0822. The predicted molar refractivity (Wildman–Crippen MR) is 97.2 cm³/mol. The molecule has 4 heteroatoms. The number of aromatic nitrogens is 1. The summed E-state index contributed by atoms with van der Waals surface area (Å²) < 4.78 is 0. The number of rotatable bonds is 3. The fraction of sp³-hybridized carbons (Fsp3) is 0.526. The maximum atomic E-state index is 6.07. The molecule has 1 aromatic carbocycles. The Hall–Kier alpha value is -1.32. The average molecular weight is 330 g/mol. The number of pyridine rings is 1. The molecule has 1 N–H and O–H groups in total. The third-order valence-corrected chi connectivity index (χ3v) is 5.70. The normalized spacial score (nSPS) is 25.3. The van der Waals surface area contributed by atoms with E-state index in [2.05, 4.69) is 27.3 Å². The second-order valence-electron chi connectivity index (χ2n) is 6.98. The summed E-state index contributed by atoms with van der Waals surface area (Å²) >= 11 is 6.07. The van der Waals surface area contributed by atoms with Crippen molar-refractivity contribution in [2.75, 3.05) is 25.0 Å². The lowest BCUT2D eigenvalue weighted by atomic mass is 9.86. The average Bonchev–Trinajstić information content (AvgIpc) is 2.59. The molecule has 2 atom stereocenters. The van der Waals surface area contributed by atoms with Crippen LogP contribution in [0.5, 0.6) is 0 Å². The quantitative estimate of drug-likeness (QED) is 0.894. The molecule has 3 heterocycles. The molecule has 1 aromatic heterocycles. The van der Waals surface area contributed by atoms with Crippen LogP contribution in [-0.2, 0) is 0 Å². The van der Waals surface area contributed by atoms with Gasteiger partial charge in [-0.25, -0.2) is 0 Å². The summed E-state index contributed by atoms with van der Waals surface area (Å²) in [6, 6.07) is 8.85. The number of anilines is 1. The first-order valence-electron chi connectivity index (χ1n) is 8.82. The summed E-state index contributed by atoms with van der Waals surface area (Å²) in [7, 11) is 0. The van der Waals surface area contributed by atoms with Crippen LogP contribution < -0.4 is 5.32 Å². The van der Waals surface area contributed by atoms with Crippen molar-refractivity contribution < 1.29 is 0 Å². The molecule has 0 amide bonds. The van der Waals surface area contributed by atoms with Crippen molar-refractivity contribution in [1.82, 2.24) is 9.88 Å². The maximum Gasteiger partial charge on any atom is 0.0737 e. The molecule has 122 valence electrons. The number of benzene rings is 1. The number of nitrogens with zero attached hydrogens (tertiary/aromatic N) is 2. The van der Waals surface area contributed by atoms with Gasteiger partial charge in [0.05, 0.1) is 5.52 Å². The van der Waals surface area contributed by atoms with E-state index in [1.54, 1.807) is 0 Å². The molecule has 3 nitrogen and oxygen atoms in total. The number of fused-ring (bicyclic) bond motifs is 2. The SMILES string of the molecule is Clc1ccc2c(NC[C@H]3CCN4CCCC[C@@H]4C3)ccnc2c1. The Kier molecular flexibility index (Phi) is 4.41. The van der Waals surface area contributed by atoms with Gasteiger partial charge in [-0.1, -0.05) is 18.0 Å². The Morgan fingerprint density at radius 2 is 2.13 bits per heavy atom. The molecule has 0 spiro atoms. The van der Waals surface area contributed by atoms with Gasteiger partial charge in [0.15, 0.2) is 0 Å². The van der Waals surface area contributed by atoms with Crippen molar-refractivity contribution in [3.05, 3.63) is 35.5 Å². The van der Waals surface area contributed by atoms with Gasteiger partial charge >= 0.3 is 0 Å². The van der Waals surface area contributed by atoms with E-state index in [0.29, 0.717) is 0 Å². The van der Waals surface area contributed by atoms with Crippen LogP contribution in [0, 0.1) is 5.92 Å². The Morgan fingerprint density at radius 3 is 3.09 bits per heavy atom. The highest BCUT2D eigenvalue weighted by Crippen LogP contribution is 2.30. The highest BCUT2D eigenvalue weighted by molar-refractivity contribution is 6.31. The largest absolute Gasteiger partial charge is 0.384 e.